The molecule has 0 aromatic heterocycles. The molecular formula is C14H18F2N2O4. The number of carbonyl (C=O) groups is 1. The van der Waals surface area contributed by atoms with Gasteiger partial charge in [0.1, 0.15) is 5.75 Å². The van der Waals surface area contributed by atoms with E-state index >= 15 is 0 Å². The van der Waals surface area contributed by atoms with Gasteiger partial charge in [0, 0.05) is 20.3 Å². The van der Waals surface area contributed by atoms with Crippen molar-refractivity contribution in [3.8, 4) is 5.75 Å². The minimum atomic E-state index is -2.86. The van der Waals surface area contributed by atoms with Crippen LogP contribution in [0, 0.1) is 0 Å². The fourth-order valence-electron chi connectivity index (χ4n) is 1.42. The smallest absolute Gasteiger partial charge is 0.387 e. The molecule has 0 heterocycles. The lowest BCUT2D eigenvalue weighted by Crippen LogP contribution is -2.28. The number of nitrogens with zero attached hydrogens (tertiary/aromatic N) is 1. The van der Waals surface area contributed by atoms with Crippen molar-refractivity contribution in [2.75, 3.05) is 26.9 Å². The van der Waals surface area contributed by atoms with Crippen LogP contribution in [-0.2, 0) is 14.4 Å². The standard InChI is InChI=1S/C14H18F2N2O4/c1-20-8-2-7-17-13(19)10-21-18-9-11-3-5-12(6-4-11)22-14(15)16/h3-6,9,14H,2,7-8,10H2,1H3,(H,17,19). The first kappa shape index (κ1) is 17.8. The molecule has 0 fully saturated rings. The van der Waals surface area contributed by atoms with Crippen molar-refractivity contribution >= 4 is 12.1 Å². The summed E-state index contributed by atoms with van der Waals surface area (Å²) >= 11 is 0. The molecule has 0 saturated heterocycles. The van der Waals surface area contributed by atoms with Crippen LogP contribution in [0.4, 0.5) is 8.78 Å². The van der Waals surface area contributed by atoms with Gasteiger partial charge in [-0.25, -0.2) is 0 Å². The number of carbonyl (C=O) groups excluding carboxylic acids is 1. The van der Waals surface area contributed by atoms with Crippen LogP contribution in [-0.4, -0.2) is 45.6 Å². The minimum Gasteiger partial charge on any atom is -0.435 e. The molecule has 1 aromatic carbocycles. The van der Waals surface area contributed by atoms with E-state index < -0.39 is 6.61 Å². The van der Waals surface area contributed by atoms with Gasteiger partial charge in [-0.2, -0.15) is 8.78 Å². The number of hydrogen-bond donors (Lipinski definition) is 1. The Labute approximate surface area is 127 Å². The Balaban J connectivity index is 2.23. The van der Waals surface area contributed by atoms with Gasteiger partial charge in [0.2, 0.25) is 0 Å². The number of amides is 1. The van der Waals surface area contributed by atoms with E-state index in [-0.39, 0.29) is 18.3 Å². The van der Waals surface area contributed by atoms with E-state index in [1.54, 1.807) is 7.11 Å². The summed E-state index contributed by atoms with van der Waals surface area (Å²) in [7, 11) is 1.59. The third-order valence-corrected chi connectivity index (χ3v) is 2.42. The maximum absolute atomic E-state index is 12.0. The second-order valence-electron chi connectivity index (χ2n) is 4.15. The summed E-state index contributed by atoms with van der Waals surface area (Å²) in [6.45, 7) is -1.98. The largest absolute Gasteiger partial charge is 0.435 e. The summed E-state index contributed by atoms with van der Waals surface area (Å²) in [5.74, 6) is -0.225. The van der Waals surface area contributed by atoms with Gasteiger partial charge in [0.15, 0.2) is 6.61 Å². The van der Waals surface area contributed by atoms with Gasteiger partial charge in [-0.3, -0.25) is 4.79 Å². The zero-order chi connectivity index (χ0) is 16.2. The summed E-state index contributed by atoms with van der Waals surface area (Å²) < 4.78 is 33.0. The summed E-state index contributed by atoms with van der Waals surface area (Å²) in [5.41, 5.74) is 0.627. The molecule has 1 aromatic rings. The molecule has 0 aliphatic carbocycles. The molecule has 0 aliphatic heterocycles. The zero-order valence-corrected chi connectivity index (χ0v) is 12.1. The summed E-state index contributed by atoms with van der Waals surface area (Å²) in [6, 6.07) is 5.84. The molecule has 0 radical (unpaired) electrons. The Morgan fingerprint density at radius 3 is 2.73 bits per heavy atom. The maximum atomic E-state index is 12.0. The molecule has 1 amide bonds. The van der Waals surface area contributed by atoms with Crippen molar-refractivity contribution in [2.24, 2.45) is 5.16 Å². The fourth-order valence-corrected chi connectivity index (χ4v) is 1.42. The highest BCUT2D eigenvalue weighted by molar-refractivity contribution is 5.80. The summed E-state index contributed by atoms with van der Waals surface area (Å²) in [6.07, 6.45) is 2.09. The van der Waals surface area contributed by atoms with Crippen LogP contribution in [0.15, 0.2) is 29.4 Å². The lowest BCUT2D eigenvalue weighted by Gasteiger charge is -2.04. The number of methoxy groups -OCH3 is 1. The Kier molecular flexibility index (Phi) is 8.51. The normalized spacial score (nSPS) is 10.9. The van der Waals surface area contributed by atoms with Gasteiger partial charge in [-0.1, -0.05) is 5.16 Å². The lowest BCUT2D eigenvalue weighted by molar-refractivity contribution is -0.125. The summed E-state index contributed by atoms with van der Waals surface area (Å²) in [5, 5.41) is 6.25. The number of hydrogen-bond acceptors (Lipinski definition) is 5. The van der Waals surface area contributed by atoms with Crippen molar-refractivity contribution in [3.63, 3.8) is 0 Å². The SMILES string of the molecule is COCCCNC(=O)CON=Cc1ccc(OC(F)F)cc1. The van der Waals surface area contributed by atoms with Crippen molar-refractivity contribution < 1.29 is 27.9 Å². The Morgan fingerprint density at radius 1 is 1.36 bits per heavy atom. The second-order valence-corrected chi connectivity index (χ2v) is 4.15. The average molecular weight is 316 g/mol. The molecular weight excluding hydrogens is 298 g/mol. The first-order valence-electron chi connectivity index (χ1n) is 6.57. The number of rotatable bonds is 10. The zero-order valence-electron chi connectivity index (χ0n) is 12.1. The van der Waals surface area contributed by atoms with Crippen molar-refractivity contribution in [3.05, 3.63) is 29.8 Å². The molecule has 1 N–H and O–H groups in total. The van der Waals surface area contributed by atoms with E-state index in [1.165, 1.54) is 30.5 Å². The second kappa shape index (κ2) is 10.5. The van der Waals surface area contributed by atoms with Crippen molar-refractivity contribution in [1.82, 2.24) is 5.32 Å². The van der Waals surface area contributed by atoms with Gasteiger partial charge in [0.25, 0.3) is 5.91 Å². The first-order valence-corrected chi connectivity index (χ1v) is 6.57. The van der Waals surface area contributed by atoms with Gasteiger partial charge >= 0.3 is 6.61 Å². The van der Waals surface area contributed by atoms with E-state index in [0.717, 1.165) is 6.42 Å². The fraction of sp³-hybridized carbons (Fsp3) is 0.429. The van der Waals surface area contributed by atoms with E-state index in [4.69, 9.17) is 9.57 Å². The van der Waals surface area contributed by atoms with Crippen LogP contribution < -0.4 is 10.1 Å². The molecule has 6 nitrogen and oxygen atoms in total. The molecule has 0 saturated carbocycles. The van der Waals surface area contributed by atoms with Crippen molar-refractivity contribution in [1.29, 1.82) is 0 Å². The molecule has 0 bridgehead atoms. The number of ether oxygens (including phenoxy) is 2. The van der Waals surface area contributed by atoms with Gasteiger partial charge in [-0.15, -0.1) is 0 Å². The Bertz CT molecular complexity index is 466. The predicted octanol–water partition coefficient (Wildman–Crippen LogP) is 1.79. The number of halogens is 2. The van der Waals surface area contributed by atoms with Crippen LogP contribution in [0.1, 0.15) is 12.0 Å². The molecule has 22 heavy (non-hydrogen) atoms. The molecule has 0 aliphatic rings. The lowest BCUT2D eigenvalue weighted by atomic mass is 10.2. The monoisotopic (exact) mass is 316 g/mol. The number of oxime groups is 1. The number of alkyl halides is 2. The molecule has 0 spiro atoms. The summed E-state index contributed by atoms with van der Waals surface area (Å²) in [4.78, 5) is 16.2. The van der Waals surface area contributed by atoms with Crippen molar-refractivity contribution in [2.45, 2.75) is 13.0 Å². The van der Waals surface area contributed by atoms with E-state index in [9.17, 15) is 13.6 Å². The minimum absolute atomic E-state index is 0.0588. The van der Waals surface area contributed by atoms with Crippen LogP contribution in [0.3, 0.4) is 0 Å². The first-order chi connectivity index (χ1) is 10.6. The topological polar surface area (TPSA) is 69.2 Å². The van der Waals surface area contributed by atoms with Crippen LogP contribution in [0.5, 0.6) is 5.75 Å². The third kappa shape index (κ3) is 8.15. The maximum Gasteiger partial charge on any atom is 0.387 e. The van der Waals surface area contributed by atoms with Crippen LogP contribution >= 0.6 is 0 Å². The molecule has 8 heteroatoms. The van der Waals surface area contributed by atoms with E-state index in [1.807, 2.05) is 0 Å². The van der Waals surface area contributed by atoms with Gasteiger partial charge in [0.05, 0.1) is 6.21 Å². The third-order valence-electron chi connectivity index (χ3n) is 2.42. The molecule has 0 unspecified atom stereocenters. The quantitative estimate of drug-likeness (QED) is 0.406. The van der Waals surface area contributed by atoms with Gasteiger partial charge < -0.3 is 19.6 Å². The number of benzene rings is 1. The highest BCUT2D eigenvalue weighted by Gasteiger charge is 2.03. The molecule has 0 atom stereocenters. The highest BCUT2D eigenvalue weighted by Crippen LogP contribution is 2.13. The Hall–Kier alpha value is -2.22. The molecule has 1 rings (SSSR count). The Morgan fingerprint density at radius 2 is 2.09 bits per heavy atom. The van der Waals surface area contributed by atoms with E-state index in [0.29, 0.717) is 18.7 Å². The van der Waals surface area contributed by atoms with Crippen LogP contribution in [0.25, 0.3) is 0 Å². The molecule has 122 valence electrons. The predicted molar refractivity (Wildman–Crippen MR) is 76.1 cm³/mol. The van der Waals surface area contributed by atoms with E-state index in [2.05, 4.69) is 15.2 Å². The average Bonchev–Trinajstić information content (AvgIpc) is 2.49. The van der Waals surface area contributed by atoms with Crippen LogP contribution in [0.2, 0.25) is 0 Å². The van der Waals surface area contributed by atoms with Gasteiger partial charge in [-0.05, 0) is 36.2 Å². The number of nitrogens with one attached hydrogen (secondary N) is 1. The highest BCUT2D eigenvalue weighted by atomic mass is 19.3.